The minimum absolute atomic E-state index is 0. The van der Waals surface area contributed by atoms with Crippen molar-refractivity contribution in [2.45, 2.75) is 19.3 Å². The Morgan fingerprint density at radius 1 is 1.32 bits per heavy atom. The van der Waals surface area contributed by atoms with Crippen molar-refractivity contribution in [1.82, 2.24) is 15.2 Å². The van der Waals surface area contributed by atoms with Crippen LogP contribution in [0.2, 0.25) is 0 Å². The number of nitrogens with zero attached hydrogens (tertiary/aromatic N) is 2. The quantitative estimate of drug-likeness (QED) is 0.874. The van der Waals surface area contributed by atoms with Crippen molar-refractivity contribution in [3.8, 4) is 0 Å². The van der Waals surface area contributed by atoms with Gasteiger partial charge in [0.15, 0.2) is 0 Å². The van der Waals surface area contributed by atoms with Crippen LogP contribution in [0.25, 0.3) is 0 Å². The predicted octanol–water partition coefficient (Wildman–Crippen LogP) is 1.30. The summed E-state index contributed by atoms with van der Waals surface area (Å²) >= 11 is 0. The van der Waals surface area contributed by atoms with Gasteiger partial charge in [0.25, 0.3) is 5.91 Å². The number of rotatable bonds is 4. The van der Waals surface area contributed by atoms with E-state index in [-0.39, 0.29) is 18.3 Å². The smallest absolute Gasteiger partial charge is 0.270 e. The summed E-state index contributed by atoms with van der Waals surface area (Å²) in [6.45, 7) is 3.86. The Morgan fingerprint density at radius 3 is 2.74 bits per heavy atom. The van der Waals surface area contributed by atoms with Crippen LogP contribution in [0.3, 0.4) is 0 Å². The highest BCUT2D eigenvalue weighted by molar-refractivity contribution is 5.92. The molecule has 0 unspecified atom stereocenters. The van der Waals surface area contributed by atoms with Crippen LogP contribution in [0, 0.1) is 0 Å². The van der Waals surface area contributed by atoms with Crippen LogP contribution in [-0.2, 0) is 0 Å². The molecule has 0 bridgehead atoms. The molecule has 0 aliphatic carbocycles. The Hall–Kier alpha value is -1.33. The van der Waals surface area contributed by atoms with Crippen LogP contribution >= 0.6 is 12.4 Å². The average molecular weight is 285 g/mol. The lowest BCUT2D eigenvalue weighted by Gasteiger charge is -2.26. The maximum Gasteiger partial charge on any atom is 0.270 e. The molecule has 5 nitrogen and oxygen atoms in total. The number of hydrogen-bond acceptors (Lipinski definition) is 4. The second kappa shape index (κ2) is 7.96. The maximum absolute atomic E-state index is 11.8. The molecular weight excluding hydrogens is 264 g/mol. The minimum atomic E-state index is -0.153. The van der Waals surface area contributed by atoms with E-state index in [0.717, 1.165) is 19.6 Å². The summed E-state index contributed by atoms with van der Waals surface area (Å²) in [5.74, 6) is 0.220. The highest BCUT2D eigenvalue weighted by Crippen LogP contribution is 2.07. The van der Waals surface area contributed by atoms with E-state index < -0.39 is 0 Å². The van der Waals surface area contributed by atoms with Crippen molar-refractivity contribution in [2.24, 2.45) is 0 Å². The Bertz CT molecular complexity index is 407. The van der Waals surface area contributed by atoms with Crippen molar-refractivity contribution in [3.05, 3.63) is 23.9 Å². The van der Waals surface area contributed by atoms with Crippen LogP contribution in [-0.4, -0.2) is 42.0 Å². The molecule has 0 spiro atoms. The molecule has 1 aliphatic heterocycles. The van der Waals surface area contributed by atoms with Crippen LogP contribution in [0.1, 0.15) is 29.8 Å². The Kier molecular flexibility index (Phi) is 6.59. The lowest BCUT2D eigenvalue weighted by molar-refractivity contribution is 0.0941. The maximum atomic E-state index is 11.8. The summed E-state index contributed by atoms with van der Waals surface area (Å²) in [6.07, 6.45) is 3.87. The number of likely N-dealkylation sites (tertiary alicyclic amines) is 1. The van der Waals surface area contributed by atoms with Crippen LogP contribution in [0.4, 0.5) is 5.82 Å². The van der Waals surface area contributed by atoms with E-state index in [0.29, 0.717) is 18.1 Å². The van der Waals surface area contributed by atoms with Crippen molar-refractivity contribution >= 4 is 24.1 Å². The van der Waals surface area contributed by atoms with E-state index in [1.165, 1.54) is 19.3 Å². The topological polar surface area (TPSA) is 71.2 Å². The van der Waals surface area contributed by atoms with Crippen molar-refractivity contribution in [1.29, 1.82) is 0 Å². The molecule has 1 aromatic rings. The molecule has 1 aliphatic rings. The normalized spacial score (nSPS) is 15.6. The zero-order valence-corrected chi connectivity index (χ0v) is 11.8. The van der Waals surface area contributed by atoms with E-state index in [2.05, 4.69) is 15.2 Å². The van der Waals surface area contributed by atoms with Crippen LogP contribution < -0.4 is 11.1 Å². The van der Waals surface area contributed by atoms with Gasteiger partial charge >= 0.3 is 0 Å². The van der Waals surface area contributed by atoms with E-state index in [1.54, 1.807) is 18.2 Å². The van der Waals surface area contributed by atoms with E-state index >= 15 is 0 Å². The van der Waals surface area contributed by atoms with E-state index in [1.807, 2.05) is 0 Å². The fourth-order valence-corrected chi connectivity index (χ4v) is 2.18. The van der Waals surface area contributed by atoms with Gasteiger partial charge < -0.3 is 16.0 Å². The molecular formula is C13H21ClN4O. The molecule has 0 aromatic carbocycles. The van der Waals surface area contributed by atoms with Crippen molar-refractivity contribution in [3.63, 3.8) is 0 Å². The number of amides is 1. The summed E-state index contributed by atoms with van der Waals surface area (Å²) in [7, 11) is 0. The Balaban J connectivity index is 0.00000180. The van der Waals surface area contributed by atoms with E-state index in [4.69, 9.17) is 5.73 Å². The first kappa shape index (κ1) is 15.7. The van der Waals surface area contributed by atoms with Crippen molar-refractivity contribution < 1.29 is 4.79 Å². The third-order valence-electron chi connectivity index (χ3n) is 3.17. The summed E-state index contributed by atoms with van der Waals surface area (Å²) in [6, 6.07) is 5.08. The van der Waals surface area contributed by atoms with Gasteiger partial charge in [-0.05, 0) is 38.1 Å². The number of nitrogen functional groups attached to an aromatic ring is 1. The standard InChI is InChI=1S/C13H20N4O.ClH/c14-12-6-4-5-11(16-12)13(18)15-7-10-17-8-2-1-3-9-17;/h4-6H,1-3,7-10H2,(H2,14,16)(H,15,18);1H. The zero-order valence-electron chi connectivity index (χ0n) is 11.0. The summed E-state index contributed by atoms with van der Waals surface area (Å²) in [5, 5.41) is 2.87. The number of hydrogen-bond donors (Lipinski definition) is 2. The van der Waals surface area contributed by atoms with Crippen LogP contribution in [0.5, 0.6) is 0 Å². The first-order chi connectivity index (χ1) is 8.75. The molecule has 2 rings (SSSR count). The Labute approximate surface area is 120 Å². The number of aromatic nitrogens is 1. The summed E-state index contributed by atoms with van der Waals surface area (Å²) in [4.78, 5) is 18.2. The van der Waals surface area contributed by atoms with Gasteiger partial charge in [0.2, 0.25) is 0 Å². The number of nitrogens with one attached hydrogen (secondary N) is 1. The molecule has 0 radical (unpaired) electrons. The summed E-state index contributed by atoms with van der Waals surface area (Å²) in [5.41, 5.74) is 5.93. The number of pyridine rings is 1. The monoisotopic (exact) mass is 284 g/mol. The zero-order chi connectivity index (χ0) is 12.8. The molecule has 0 atom stereocenters. The summed E-state index contributed by atoms with van der Waals surface area (Å²) < 4.78 is 0. The molecule has 1 amide bonds. The molecule has 1 saturated heterocycles. The van der Waals surface area contributed by atoms with E-state index in [9.17, 15) is 4.79 Å². The number of piperidine rings is 1. The molecule has 3 N–H and O–H groups in total. The highest BCUT2D eigenvalue weighted by atomic mass is 35.5. The van der Waals surface area contributed by atoms with Gasteiger partial charge in [0.05, 0.1) is 0 Å². The van der Waals surface area contributed by atoms with Gasteiger partial charge in [0, 0.05) is 13.1 Å². The molecule has 6 heteroatoms. The lowest BCUT2D eigenvalue weighted by atomic mass is 10.1. The van der Waals surface area contributed by atoms with Crippen LogP contribution in [0.15, 0.2) is 18.2 Å². The second-order valence-corrected chi connectivity index (χ2v) is 4.61. The number of carbonyl (C=O) groups is 1. The molecule has 2 heterocycles. The van der Waals surface area contributed by atoms with Gasteiger partial charge in [-0.3, -0.25) is 4.79 Å². The van der Waals surface area contributed by atoms with Gasteiger partial charge in [0.1, 0.15) is 11.5 Å². The number of nitrogens with two attached hydrogens (primary N) is 1. The Morgan fingerprint density at radius 2 is 2.05 bits per heavy atom. The van der Waals surface area contributed by atoms with Gasteiger partial charge in [-0.2, -0.15) is 0 Å². The SMILES string of the molecule is Cl.Nc1cccc(C(=O)NCCN2CCCCC2)n1. The fraction of sp³-hybridized carbons (Fsp3) is 0.538. The third-order valence-corrected chi connectivity index (χ3v) is 3.17. The largest absolute Gasteiger partial charge is 0.384 e. The predicted molar refractivity (Wildman–Crippen MR) is 78.5 cm³/mol. The van der Waals surface area contributed by atoms with Gasteiger partial charge in [-0.15, -0.1) is 12.4 Å². The first-order valence-electron chi connectivity index (χ1n) is 6.49. The fourth-order valence-electron chi connectivity index (χ4n) is 2.18. The van der Waals surface area contributed by atoms with Gasteiger partial charge in [-0.1, -0.05) is 12.5 Å². The highest BCUT2D eigenvalue weighted by Gasteiger charge is 2.11. The number of carbonyl (C=O) groups excluding carboxylic acids is 1. The first-order valence-corrected chi connectivity index (χ1v) is 6.49. The molecule has 106 valence electrons. The minimum Gasteiger partial charge on any atom is -0.384 e. The third kappa shape index (κ3) is 5.04. The molecule has 0 saturated carbocycles. The lowest BCUT2D eigenvalue weighted by Crippen LogP contribution is -2.37. The number of anilines is 1. The molecule has 1 fully saturated rings. The van der Waals surface area contributed by atoms with Crippen molar-refractivity contribution in [2.75, 3.05) is 31.9 Å². The molecule has 19 heavy (non-hydrogen) atoms. The number of halogens is 1. The second-order valence-electron chi connectivity index (χ2n) is 4.61. The van der Waals surface area contributed by atoms with Gasteiger partial charge in [-0.25, -0.2) is 4.98 Å². The molecule has 1 aromatic heterocycles. The average Bonchev–Trinajstić information content (AvgIpc) is 2.40.